The van der Waals surface area contributed by atoms with Crippen LogP contribution in [0.4, 0.5) is 10.1 Å². The first-order valence-electron chi connectivity index (χ1n) is 6.36. The van der Waals surface area contributed by atoms with Gasteiger partial charge in [-0.05, 0) is 24.3 Å². The third kappa shape index (κ3) is 2.71. The molecule has 1 aliphatic rings. The van der Waals surface area contributed by atoms with Gasteiger partial charge in [0.05, 0.1) is 12.4 Å². The fourth-order valence-electron chi connectivity index (χ4n) is 2.21. The van der Waals surface area contributed by atoms with Crippen LogP contribution < -0.4 is 10.2 Å². The standard InChI is InChI=1S/C14H15FN4/c15-12-9-17-14(18-10-12)11-1-3-13(4-2-11)19-7-5-16-6-8-19/h1-4,9-10,16H,5-8H2. The Balaban J connectivity index is 1.80. The van der Waals surface area contributed by atoms with E-state index in [1.54, 1.807) is 0 Å². The van der Waals surface area contributed by atoms with E-state index in [2.05, 4.69) is 32.3 Å². The quantitative estimate of drug-likeness (QED) is 0.890. The first kappa shape index (κ1) is 12.0. The molecular formula is C14H15FN4. The van der Waals surface area contributed by atoms with Crippen LogP contribution in [-0.2, 0) is 0 Å². The molecule has 0 radical (unpaired) electrons. The second-order valence-electron chi connectivity index (χ2n) is 4.51. The van der Waals surface area contributed by atoms with Crippen molar-refractivity contribution in [3.05, 3.63) is 42.5 Å². The van der Waals surface area contributed by atoms with Gasteiger partial charge in [-0.15, -0.1) is 0 Å². The smallest absolute Gasteiger partial charge is 0.159 e. The molecule has 19 heavy (non-hydrogen) atoms. The zero-order valence-corrected chi connectivity index (χ0v) is 10.5. The van der Waals surface area contributed by atoms with Gasteiger partial charge in [0.2, 0.25) is 0 Å². The van der Waals surface area contributed by atoms with Crippen LogP contribution in [0.5, 0.6) is 0 Å². The maximum absolute atomic E-state index is 12.8. The van der Waals surface area contributed by atoms with Crippen LogP contribution in [0, 0.1) is 5.82 Å². The Morgan fingerprint density at radius 2 is 1.63 bits per heavy atom. The summed E-state index contributed by atoms with van der Waals surface area (Å²) in [6, 6.07) is 8.08. The number of nitrogens with zero attached hydrogens (tertiary/aromatic N) is 3. The summed E-state index contributed by atoms with van der Waals surface area (Å²) in [7, 11) is 0. The van der Waals surface area contributed by atoms with Crippen molar-refractivity contribution in [3.63, 3.8) is 0 Å². The lowest BCUT2D eigenvalue weighted by Crippen LogP contribution is -2.43. The zero-order valence-electron chi connectivity index (χ0n) is 10.5. The van der Waals surface area contributed by atoms with E-state index in [1.807, 2.05) is 12.1 Å². The van der Waals surface area contributed by atoms with Crippen molar-refractivity contribution < 1.29 is 4.39 Å². The van der Waals surface area contributed by atoms with Crippen molar-refractivity contribution in [2.75, 3.05) is 31.1 Å². The van der Waals surface area contributed by atoms with Crippen LogP contribution in [0.25, 0.3) is 11.4 Å². The molecule has 1 aromatic heterocycles. The van der Waals surface area contributed by atoms with Crippen molar-refractivity contribution >= 4 is 5.69 Å². The van der Waals surface area contributed by atoms with Crippen molar-refractivity contribution in [1.82, 2.24) is 15.3 Å². The Kier molecular flexibility index (Phi) is 3.37. The van der Waals surface area contributed by atoms with Crippen LogP contribution in [0.2, 0.25) is 0 Å². The number of rotatable bonds is 2. The molecule has 3 rings (SSSR count). The topological polar surface area (TPSA) is 41.1 Å². The highest BCUT2D eigenvalue weighted by Crippen LogP contribution is 2.20. The molecule has 0 unspecified atom stereocenters. The van der Waals surface area contributed by atoms with Gasteiger partial charge in [-0.1, -0.05) is 0 Å². The van der Waals surface area contributed by atoms with Crippen LogP contribution in [-0.4, -0.2) is 36.1 Å². The van der Waals surface area contributed by atoms with E-state index < -0.39 is 5.82 Å². The number of anilines is 1. The number of aromatic nitrogens is 2. The summed E-state index contributed by atoms with van der Waals surface area (Å²) in [6.07, 6.45) is 2.37. The molecule has 0 atom stereocenters. The lowest BCUT2D eigenvalue weighted by molar-refractivity contribution is 0.589. The molecule has 1 aromatic carbocycles. The normalized spacial score (nSPS) is 15.5. The molecule has 1 saturated heterocycles. The molecule has 2 heterocycles. The molecule has 2 aromatic rings. The summed E-state index contributed by atoms with van der Waals surface area (Å²) in [5.41, 5.74) is 2.10. The lowest BCUT2D eigenvalue weighted by Gasteiger charge is -2.29. The number of benzene rings is 1. The molecule has 4 nitrogen and oxygen atoms in total. The largest absolute Gasteiger partial charge is 0.369 e. The maximum atomic E-state index is 12.8. The minimum Gasteiger partial charge on any atom is -0.369 e. The zero-order chi connectivity index (χ0) is 13.1. The summed E-state index contributed by atoms with van der Waals surface area (Å²) in [4.78, 5) is 10.3. The monoisotopic (exact) mass is 258 g/mol. The highest BCUT2D eigenvalue weighted by atomic mass is 19.1. The molecule has 0 spiro atoms. The Morgan fingerprint density at radius 1 is 1.00 bits per heavy atom. The van der Waals surface area contributed by atoms with Gasteiger partial charge in [-0.25, -0.2) is 14.4 Å². The molecule has 1 fully saturated rings. The van der Waals surface area contributed by atoms with Gasteiger partial charge in [0.25, 0.3) is 0 Å². The van der Waals surface area contributed by atoms with Crippen LogP contribution in [0.15, 0.2) is 36.7 Å². The number of piperazine rings is 1. The van der Waals surface area contributed by atoms with Gasteiger partial charge in [-0.2, -0.15) is 0 Å². The van der Waals surface area contributed by atoms with E-state index in [4.69, 9.17) is 0 Å². The van der Waals surface area contributed by atoms with E-state index >= 15 is 0 Å². The van der Waals surface area contributed by atoms with Gasteiger partial charge in [0.15, 0.2) is 11.6 Å². The summed E-state index contributed by atoms with van der Waals surface area (Å²) in [5.74, 6) is 0.134. The van der Waals surface area contributed by atoms with Crippen molar-refractivity contribution in [3.8, 4) is 11.4 Å². The van der Waals surface area contributed by atoms with E-state index in [0.717, 1.165) is 31.7 Å². The number of hydrogen-bond donors (Lipinski definition) is 1. The number of nitrogens with one attached hydrogen (secondary N) is 1. The molecular weight excluding hydrogens is 243 g/mol. The lowest BCUT2D eigenvalue weighted by atomic mass is 10.1. The predicted molar refractivity (Wildman–Crippen MR) is 72.5 cm³/mol. The second-order valence-corrected chi connectivity index (χ2v) is 4.51. The fraction of sp³-hybridized carbons (Fsp3) is 0.286. The first-order chi connectivity index (χ1) is 9.33. The van der Waals surface area contributed by atoms with Crippen LogP contribution >= 0.6 is 0 Å². The molecule has 0 saturated carbocycles. The molecule has 5 heteroatoms. The molecule has 0 amide bonds. The van der Waals surface area contributed by atoms with E-state index in [1.165, 1.54) is 18.1 Å². The average molecular weight is 258 g/mol. The van der Waals surface area contributed by atoms with E-state index in [-0.39, 0.29) is 0 Å². The van der Waals surface area contributed by atoms with Gasteiger partial charge in [0, 0.05) is 37.4 Å². The molecule has 98 valence electrons. The number of halogens is 1. The third-order valence-electron chi connectivity index (χ3n) is 3.23. The van der Waals surface area contributed by atoms with Gasteiger partial charge >= 0.3 is 0 Å². The van der Waals surface area contributed by atoms with Crippen molar-refractivity contribution in [2.45, 2.75) is 0 Å². The maximum Gasteiger partial charge on any atom is 0.159 e. The molecule has 1 aliphatic heterocycles. The molecule has 0 aliphatic carbocycles. The van der Waals surface area contributed by atoms with E-state index in [9.17, 15) is 4.39 Å². The van der Waals surface area contributed by atoms with Crippen LogP contribution in [0.1, 0.15) is 0 Å². The van der Waals surface area contributed by atoms with Gasteiger partial charge < -0.3 is 10.2 Å². The molecule has 0 bridgehead atoms. The predicted octanol–water partition coefficient (Wildman–Crippen LogP) is 1.69. The minimum atomic E-state index is -0.416. The van der Waals surface area contributed by atoms with Crippen molar-refractivity contribution in [2.24, 2.45) is 0 Å². The minimum absolute atomic E-state index is 0.416. The molecule has 1 N–H and O–H groups in total. The fourth-order valence-corrected chi connectivity index (χ4v) is 2.21. The summed E-state index contributed by atoms with van der Waals surface area (Å²) >= 11 is 0. The summed E-state index contributed by atoms with van der Waals surface area (Å²) < 4.78 is 12.8. The van der Waals surface area contributed by atoms with Crippen molar-refractivity contribution in [1.29, 1.82) is 0 Å². The Hall–Kier alpha value is -2.01. The highest BCUT2D eigenvalue weighted by Gasteiger charge is 2.10. The first-order valence-corrected chi connectivity index (χ1v) is 6.36. The third-order valence-corrected chi connectivity index (χ3v) is 3.23. The summed E-state index contributed by atoms with van der Waals surface area (Å²) in [5, 5.41) is 3.33. The second kappa shape index (κ2) is 5.32. The van der Waals surface area contributed by atoms with Gasteiger partial charge in [-0.3, -0.25) is 0 Å². The average Bonchev–Trinajstić information content (AvgIpc) is 2.49. The SMILES string of the molecule is Fc1cnc(-c2ccc(N3CCNCC3)cc2)nc1. The number of hydrogen-bond acceptors (Lipinski definition) is 4. The van der Waals surface area contributed by atoms with E-state index in [0.29, 0.717) is 5.82 Å². The Morgan fingerprint density at radius 3 is 2.26 bits per heavy atom. The highest BCUT2D eigenvalue weighted by molar-refractivity contribution is 5.60. The van der Waals surface area contributed by atoms with Crippen LogP contribution in [0.3, 0.4) is 0 Å². The summed E-state index contributed by atoms with van der Waals surface area (Å²) in [6.45, 7) is 4.07. The van der Waals surface area contributed by atoms with Gasteiger partial charge in [0.1, 0.15) is 0 Å². The Labute approximate surface area is 111 Å². The Bertz CT molecular complexity index is 532.